The van der Waals surface area contributed by atoms with Gasteiger partial charge in [0.2, 0.25) is 5.91 Å². The largest absolute Gasteiger partial charge is 0.416 e. The fourth-order valence-electron chi connectivity index (χ4n) is 2.25. The number of nitrogens with zero attached hydrogens (tertiary/aromatic N) is 1. The van der Waals surface area contributed by atoms with Crippen molar-refractivity contribution < 1.29 is 18.0 Å². The number of anilines is 1. The molecule has 0 aliphatic carbocycles. The highest BCUT2D eigenvalue weighted by molar-refractivity contribution is 6.33. The second kappa shape index (κ2) is 6.68. The highest BCUT2D eigenvalue weighted by Crippen LogP contribution is 2.34. The molecule has 0 bridgehead atoms. The third-order valence-corrected chi connectivity index (χ3v) is 3.84. The van der Waals surface area contributed by atoms with Crippen LogP contribution in [0.15, 0.2) is 41.2 Å². The van der Waals surface area contributed by atoms with Gasteiger partial charge in [0.1, 0.15) is 6.04 Å². The lowest BCUT2D eigenvalue weighted by molar-refractivity contribution is -0.137. The number of alkyl halides is 3. The molecule has 0 spiro atoms. The van der Waals surface area contributed by atoms with Gasteiger partial charge in [-0.15, -0.1) is 0 Å². The molecule has 1 aromatic carbocycles. The minimum atomic E-state index is -4.55. The van der Waals surface area contributed by atoms with Gasteiger partial charge in [-0.05, 0) is 38.1 Å². The number of rotatable bonds is 3. The van der Waals surface area contributed by atoms with Gasteiger partial charge in [-0.2, -0.15) is 13.2 Å². The first kappa shape index (κ1) is 18.1. The average molecular weight is 359 g/mol. The first-order chi connectivity index (χ1) is 11.1. The number of amides is 1. The van der Waals surface area contributed by atoms with E-state index in [1.54, 1.807) is 19.1 Å². The summed E-state index contributed by atoms with van der Waals surface area (Å²) in [6.07, 6.45) is -4.55. The molecule has 0 aliphatic rings. The first-order valence-corrected chi connectivity index (χ1v) is 7.35. The number of aromatic nitrogens is 1. The summed E-state index contributed by atoms with van der Waals surface area (Å²) in [5.74, 6) is -0.646. The molecule has 0 aliphatic heterocycles. The lowest BCUT2D eigenvalue weighted by atomic mass is 10.2. The van der Waals surface area contributed by atoms with Crippen LogP contribution in [0, 0.1) is 6.92 Å². The highest BCUT2D eigenvalue weighted by Gasteiger charge is 2.31. The Bertz CT molecular complexity index is 831. The van der Waals surface area contributed by atoms with E-state index in [1.807, 2.05) is 0 Å². The van der Waals surface area contributed by atoms with Crippen LogP contribution < -0.4 is 10.9 Å². The maximum absolute atomic E-state index is 12.8. The van der Waals surface area contributed by atoms with E-state index in [0.29, 0.717) is 5.69 Å². The SMILES string of the molecule is Cc1cccc(=O)n1C(C)C(=O)Nc1cc(C(F)(F)F)ccc1Cl. The van der Waals surface area contributed by atoms with Gasteiger partial charge in [-0.25, -0.2) is 0 Å². The van der Waals surface area contributed by atoms with Crippen LogP contribution >= 0.6 is 11.6 Å². The van der Waals surface area contributed by atoms with Crippen molar-refractivity contribution in [2.45, 2.75) is 26.1 Å². The van der Waals surface area contributed by atoms with E-state index < -0.39 is 23.7 Å². The molecule has 0 saturated carbocycles. The van der Waals surface area contributed by atoms with Crippen LogP contribution in [0.3, 0.4) is 0 Å². The number of aryl methyl sites for hydroxylation is 1. The Labute approximate surface area is 140 Å². The standard InChI is InChI=1S/C16H14ClF3N2O2/c1-9-4-3-5-14(23)22(9)10(2)15(24)21-13-8-11(16(18,19)20)6-7-12(13)17/h3-8,10H,1-2H3,(H,21,24). The summed E-state index contributed by atoms with van der Waals surface area (Å²) >= 11 is 5.85. The van der Waals surface area contributed by atoms with E-state index in [0.717, 1.165) is 18.2 Å². The number of halogens is 4. The van der Waals surface area contributed by atoms with Crippen molar-refractivity contribution in [3.63, 3.8) is 0 Å². The summed E-state index contributed by atoms with van der Waals surface area (Å²) in [5.41, 5.74) is -0.916. The number of benzene rings is 1. The van der Waals surface area contributed by atoms with Crippen molar-refractivity contribution in [1.29, 1.82) is 0 Å². The monoisotopic (exact) mass is 358 g/mol. The zero-order valence-electron chi connectivity index (χ0n) is 12.8. The van der Waals surface area contributed by atoms with Crippen molar-refractivity contribution in [3.8, 4) is 0 Å². The number of pyridine rings is 1. The van der Waals surface area contributed by atoms with E-state index in [-0.39, 0.29) is 16.3 Å². The van der Waals surface area contributed by atoms with Gasteiger partial charge in [0.25, 0.3) is 5.56 Å². The Morgan fingerprint density at radius 3 is 2.50 bits per heavy atom. The third-order valence-electron chi connectivity index (χ3n) is 3.51. The van der Waals surface area contributed by atoms with Crippen molar-refractivity contribution >= 4 is 23.2 Å². The molecule has 1 atom stereocenters. The smallest absolute Gasteiger partial charge is 0.323 e. The molecule has 128 valence electrons. The Morgan fingerprint density at radius 2 is 1.92 bits per heavy atom. The maximum atomic E-state index is 12.8. The predicted molar refractivity (Wildman–Crippen MR) is 85.2 cm³/mol. The predicted octanol–water partition coefficient (Wildman–Crippen LogP) is 4.03. The summed E-state index contributed by atoms with van der Waals surface area (Å²) in [6, 6.07) is 6.24. The normalized spacial score (nSPS) is 12.8. The number of carbonyl (C=O) groups is 1. The van der Waals surface area contributed by atoms with Crippen LogP contribution in [0.1, 0.15) is 24.2 Å². The van der Waals surface area contributed by atoms with Crippen LogP contribution in [0.5, 0.6) is 0 Å². The van der Waals surface area contributed by atoms with Crippen molar-refractivity contribution in [3.05, 3.63) is 63.0 Å². The topological polar surface area (TPSA) is 51.1 Å². The first-order valence-electron chi connectivity index (χ1n) is 6.97. The number of carbonyl (C=O) groups excluding carboxylic acids is 1. The molecule has 24 heavy (non-hydrogen) atoms. The molecule has 1 heterocycles. The van der Waals surface area contributed by atoms with E-state index in [9.17, 15) is 22.8 Å². The van der Waals surface area contributed by atoms with Crippen molar-refractivity contribution in [2.75, 3.05) is 5.32 Å². The number of hydrogen-bond donors (Lipinski definition) is 1. The molecule has 1 amide bonds. The van der Waals surface area contributed by atoms with E-state index in [2.05, 4.69) is 5.32 Å². The molecule has 2 aromatic rings. The summed E-state index contributed by atoms with van der Waals surface area (Å²) in [4.78, 5) is 24.2. The maximum Gasteiger partial charge on any atom is 0.416 e. The summed E-state index contributed by atoms with van der Waals surface area (Å²) in [7, 11) is 0. The van der Waals surface area contributed by atoms with Gasteiger partial charge in [-0.3, -0.25) is 9.59 Å². The molecule has 1 aromatic heterocycles. The van der Waals surface area contributed by atoms with Gasteiger partial charge in [0, 0.05) is 11.8 Å². The highest BCUT2D eigenvalue weighted by atomic mass is 35.5. The molecule has 1 N–H and O–H groups in total. The van der Waals surface area contributed by atoms with Gasteiger partial charge in [0.05, 0.1) is 16.3 Å². The van der Waals surface area contributed by atoms with E-state index in [1.165, 1.54) is 17.6 Å². The summed E-state index contributed by atoms with van der Waals surface area (Å²) < 4.78 is 39.5. The zero-order valence-corrected chi connectivity index (χ0v) is 13.6. The number of nitrogens with one attached hydrogen (secondary N) is 1. The molecular formula is C16H14ClF3N2O2. The van der Waals surface area contributed by atoms with Gasteiger partial charge < -0.3 is 9.88 Å². The lowest BCUT2D eigenvalue weighted by Crippen LogP contribution is -2.32. The molecule has 0 saturated heterocycles. The average Bonchev–Trinajstić information content (AvgIpc) is 2.47. The Morgan fingerprint density at radius 1 is 1.25 bits per heavy atom. The number of hydrogen-bond acceptors (Lipinski definition) is 2. The fraction of sp³-hybridized carbons (Fsp3) is 0.250. The van der Waals surface area contributed by atoms with Crippen LogP contribution in [-0.4, -0.2) is 10.5 Å². The second-order valence-corrected chi connectivity index (χ2v) is 5.64. The molecule has 8 heteroatoms. The van der Waals surface area contributed by atoms with E-state index >= 15 is 0 Å². The third kappa shape index (κ3) is 3.79. The quantitative estimate of drug-likeness (QED) is 0.900. The Hall–Kier alpha value is -2.28. The lowest BCUT2D eigenvalue weighted by Gasteiger charge is -2.18. The Balaban J connectivity index is 2.31. The zero-order chi connectivity index (χ0) is 18.1. The van der Waals surface area contributed by atoms with Gasteiger partial charge in [0.15, 0.2) is 0 Å². The molecular weight excluding hydrogens is 345 g/mol. The van der Waals surface area contributed by atoms with E-state index in [4.69, 9.17) is 11.6 Å². The van der Waals surface area contributed by atoms with Gasteiger partial charge >= 0.3 is 6.18 Å². The van der Waals surface area contributed by atoms with Crippen LogP contribution in [0.2, 0.25) is 5.02 Å². The van der Waals surface area contributed by atoms with Crippen LogP contribution in [0.4, 0.5) is 18.9 Å². The van der Waals surface area contributed by atoms with Crippen molar-refractivity contribution in [1.82, 2.24) is 4.57 Å². The minimum Gasteiger partial charge on any atom is -0.323 e. The minimum absolute atomic E-state index is 0.0271. The molecule has 2 rings (SSSR count). The molecule has 0 radical (unpaired) electrons. The van der Waals surface area contributed by atoms with Crippen LogP contribution in [0.25, 0.3) is 0 Å². The van der Waals surface area contributed by atoms with Crippen molar-refractivity contribution in [2.24, 2.45) is 0 Å². The molecule has 4 nitrogen and oxygen atoms in total. The summed E-state index contributed by atoms with van der Waals surface area (Å²) in [5, 5.41) is 2.32. The second-order valence-electron chi connectivity index (χ2n) is 5.23. The molecule has 1 unspecified atom stereocenters. The molecule has 0 fully saturated rings. The summed E-state index contributed by atoms with van der Waals surface area (Å²) in [6.45, 7) is 3.13. The van der Waals surface area contributed by atoms with Gasteiger partial charge in [-0.1, -0.05) is 17.7 Å². The fourth-order valence-corrected chi connectivity index (χ4v) is 2.42. The Kier molecular flexibility index (Phi) is 5.03. The van der Waals surface area contributed by atoms with Crippen LogP contribution in [-0.2, 0) is 11.0 Å².